The number of amides is 1. The number of aromatic nitrogens is 2. The van der Waals surface area contributed by atoms with E-state index in [1.54, 1.807) is 18.2 Å². The molecule has 0 aliphatic carbocycles. The van der Waals surface area contributed by atoms with Gasteiger partial charge < -0.3 is 15.4 Å². The average Bonchev–Trinajstić information content (AvgIpc) is 2.86. The monoisotopic (exact) mass is 278 g/mol. The van der Waals surface area contributed by atoms with E-state index in [0.29, 0.717) is 5.56 Å². The number of hydrogen-bond donors (Lipinski definition) is 1. The Bertz CT molecular complexity index is 641. The normalized spacial score (nSPS) is 10.2. The number of rotatable bonds is 5. The van der Waals surface area contributed by atoms with Crippen molar-refractivity contribution in [3.05, 3.63) is 58.0 Å². The maximum Gasteiger partial charge on any atom is 0.389 e. The fraction of sp³-hybridized carbons (Fsp3) is 0.167. The van der Waals surface area contributed by atoms with Crippen molar-refractivity contribution >= 4 is 11.7 Å². The lowest BCUT2D eigenvalue weighted by molar-refractivity contribution is -0.389. The molecule has 1 aromatic heterocycles. The molecule has 0 saturated carbocycles. The van der Waals surface area contributed by atoms with Crippen LogP contribution in [0.25, 0.3) is 0 Å². The van der Waals surface area contributed by atoms with Crippen molar-refractivity contribution in [1.82, 2.24) is 15.1 Å². The lowest BCUT2D eigenvalue weighted by atomic mass is 10.2. The highest BCUT2D eigenvalue weighted by Crippen LogP contribution is 2.06. The minimum Gasteiger partial charge on any atom is -0.358 e. The molecule has 7 nitrogen and oxygen atoms in total. The summed E-state index contributed by atoms with van der Waals surface area (Å²) in [7, 11) is 0. The van der Waals surface area contributed by atoms with Gasteiger partial charge in [0.15, 0.2) is 0 Å². The van der Waals surface area contributed by atoms with Crippen molar-refractivity contribution < 1.29 is 14.1 Å². The van der Waals surface area contributed by atoms with Gasteiger partial charge in [0.05, 0.1) is 17.4 Å². The molecular formula is C12H11FN4O3. The van der Waals surface area contributed by atoms with E-state index in [2.05, 4.69) is 10.4 Å². The van der Waals surface area contributed by atoms with Crippen LogP contribution in [0, 0.1) is 15.9 Å². The predicted octanol–water partition coefficient (Wildman–Crippen LogP) is 1.25. The molecule has 1 amide bonds. The van der Waals surface area contributed by atoms with E-state index in [9.17, 15) is 19.3 Å². The highest BCUT2D eigenvalue weighted by Gasteiger charge is 2.13. The lowest BCUT2D eigenvalue weighted by Crippen LogP contribution is -2.27. The molecule has 0 radical (unpaired) electrons. The second-order valence-corrected chi connectivity index (χ2v) is 4.00. The summed E-state index contributed by atoms with van der Waals surface area (Å²) in [6, 6.07) is 7.29. The number of carbonyl (C=O) groups is 1. The van der Waals surface area contributed by atoms with E-state index in [1.165, 1.54) is 18.3 Å². The molecule has 1 aromatic carbocycles. The lowest BCUT2D eigenvalue weighted by Gasteiger charge is -2.05. The molecule has 2 aromatic rings. The zero-order chi connectivity index (χ0) is 14.5. The molecule has 0 saturated heterocycles. The SMILES string of the molecule is O=C(Cn1ccc([N+](=O)[O-])n1)NCc1ccccc1F. The van der Waals surface area contributed by atoms with Crippen LogP contribution in [-0.2, 0) is 17.9 Å². The smallest absolute Gasteiger partial charge is 0.358 e. The van der Waals surface area contributed by atoms with Crippen LogP contribution in [-0.4, -0.2) is 20.6 Å². The number of nitrogens with one attached hydrogen (secondary N) is 1. The largest absolute Gasteiger partial charge is 0.389 e. The molecule has 104 valence electrons. The third-order valence-electron chi connectivity index (χ3n) is 2.55. The molecule has 20 heavy (non-hydrogen) atoms. The van der Waals surface area contributed by atoms with Gasteiger partial charge in [0.2, 0.25) is 5.91 Å². The Morgan fingerprint density at radius 2 is 2.15 bits per heavy atom. The van der Waals surface area contributed by atoms with E-state index >= 15 is 0 Å². The van der Waals surface area contributed by atoms with Gasteiger partial charge >= 0.3 is 5.82 Å². The van der Waals surface area contributed by atoms with E-state index in [4.69, 9.17) is 0 Å². The number of benzene rings is 1. The van der Waals surface area contributed by atoms with Gasteiger partial charge in [0.1, 0.15) is 12.4 Å². The Labute approximate surface area is 113 Å². The molecule has 0 unspecified atom stereocenters. The number of carbonyl (C=O) groups excluding carboxylic acids is 1. The first-order chi connectivity index (χ1) is 9.56. The molecule has 2 rings (SSSR count). The standard InChI is InChI=1S/C12H11FN4O3/c13-10-4-2-1-3-9(10)7-14-12(18)8-16-6-5-11(15-16)17(19)20/h1-6H,7-8H2,(H,14,18). The number of nitro groups is 1. The summed E-state index contributed by atoms with van der Waals surface area (Å²) in [6.45, 7) is -0.114. The molecule has 0 atom stereocenters. The molecule has 0 spiro atoms. The first kappa shape index (κ1) is 13.7. The Kier molecular flexibility index (Phi) is 4.04. The maximum atomic E-state index is 13.3. The van der Waals surface area contributed by atoms with Gasteiger partial charge in [0, 0.05) is 12.1 Å². The zero-order valence-electron chi connectivity index (χ0n) is 10.3. The van der Waals surface area contributed by atoms with E-state index in [0.717, 1.165) is 4.68 Å². The van der Waals surface area contributed by atoms with Crippen LogP contribution in [0.3, 0.4) is 0 Å². The highest BCUT2D eigenvalue weighted by atomic mass is 19.1. The van der Waals surface area contributed by atoms with Gasteiger partial charge in [-0.15, -0.1) is 0 Å². The van der Waals surface area contributed by atoms with Crippen LogP contribution < -0.4 is 5.32 Å². The molecular weight excluding hydrogens is 267 g/mol. The van der Waals surface area contributed by atoms with Gasteiger partial charge in [-0.25, -0.2) is 4.39 Å². The second kappa shape index (κ2) is 5.91. The van der Waals surface area contributed by atoms with Crippen LogP contribution in [0.15, 0.2) is 36.5 Å². The van der Waals surface area contributed by atoms with E-state index in [1.807, 2.05) is 0 Å². The third-order valence-corrected chi connectivity index (χ3v) is 2.55. The van der Waals surface area contributed by atoms with E-state index < -0.39 is 16.6 Å². The highest BCUT2D eigenvalue weighted by molar-refractivity contribution is 5.75. The number of halogens is 1. The molecule has 1 N–H and O–H groups in total. The van der Waals surface area contributed by atoms with Crippen molar-refractivity contribution in [1.29, 1.82) is 0 Å². The summed E-state index contributed by atoms with van der Waals surface area (Å²) in [6.07, 6.45) is 1.33. The summed E-state index contributed by atoms with van der Waals surface area (Å²) in [5.41, 5.74) is 0.368. The first-order valence-electron chi connectivity index (χ1n) is 5.74. The third kappa shape index (κ3) is 3.37. The average molecular weight is 278 g/mol. The van der Waals surface area contributed by atoms with Crippen molar-refractivity contribution in [3.8, 4) is 0 Å². The van der Waals surface area contributed by atoms with Gasteiger partial charge in [-0.2, -0.15) is 4.68 Å². The van der Waals surface area contributed by atoms with Gasteiger partial charge in [-0.1, -0.05) is 18.2 Å². The molecule has 0 aliphatic rings. The summed E-state index contributed by atoms with van der Waals surface area (Å²) < 4.78 is 14.5. The zero-order valence-corrected chi connectivity index (χ0v) is 10.3. The fourth-order valence-corrected chi connectivity index (χ4v) is 1.58. The molecule has 0 fully saturated rings. The minimum atomic E-state index is -0.645. The van der Waals surface area contributed by atoms with Crippen LogP contribution in [0.2, 0.25) is 0 Å². The van der Waals surface area contributed by atoms with Gasteiger partial charge in [-0.3, -0.25) is 4.79 Å². The number of nitrogens with zero attached hydrogens (tertiary/aromatic N) is 3. The maximum absolute atomic E-state index is 13.3. The Balaban J connectivity index is 1.89. The van der Waals surface area contributed by atoms with Crippen molar-refractivity contribution in [2.75, 3.05) is 0 Å². The van der Waals surface area contributed by atoms with E-state index in [-0.39, 0.29) is 18.9 Å². The van der Waals surface area contributed by atoms with Crippen LogP contribution in [0.1, 0.15) is 5.56 Å². The summed E-state index contributed by atoms with van der Waals surface area (Å²) in [5, 5.41) is 16.6. The van der Waals surface area contributed by atoms with Crippen LogP contribution in [0.4, 0.5) is 10.2 Å². The molecule has 1 heterocycles. The molecule has 8 heteroatoms. The van der Waals surface area contributed by atoms with Crippen LogP contribution in [0.5, 0.6) is 0 Å². The second-order valence-electron chi connectivity index (χ2n) is 4.00. The molecule has 0 aliphatic heterocycles. The van der Waals surface area contributed by atoms with Crippen molar-refractivity contribution in [3.63, 3.8) is 0 Å². The van der Waals surface area contributed by atoms with Gasteiger partial charge in [0.25, 0.3) is 0 Å². The van der Waals surface area contributed by atoms with Crippen molar-refractivity contribution in [2.45, 2.75) is 13.1 Å². The topological polar surface area (TPSA) is 90.1 Å². The minimum absolute atomic E-state index is 0.0505. The Morgan fingerprint density at radius 1 is 1.40 bits per heavy atom. The molecule has 0 bridgehead atoms. The predicted molar refractivity (Wildman–Crippen MR) is 67.1 cm³/mol. The summed E-state index contributed by atoms with van der Waals surface area (Å²) in [5.74, 6) is -1.14. The number of hydrogen-bond acceptors (Lipinski definition) is 4. The Morgan fingerprint density at radius 3 is 2.80 bits per heavy atom. The van der Waals surface area contributed by atoms with Crippen molar-refractivity contribution in [2.24, 2.45) is 0 Å². The summed E-state index contributed by atoms with van der Waals surface area (Å²) in [4.78, 5) is 21.4. The Hall–Kier alpha value is -2.77. The summed E-state index contributed by atoms with van der Waals surface area (Å²) >= 11 is 0. The van der Waals surface area contributed by atoms with Crippen LogP contribution >= 0.6 is 0 Å². The van der Waals surface area contributed by atoms with Gasteiger partial charge in [-0.05, 0) is 11.0 Å². The fourth-order valence-electron chi connectivity index (χ4n) is 1.58. The first-order valence-corrected chi connectivity index (χ1v) is 5.74. The quantitative estimate of drug-likeness (QED) is 0.658.